The highest BCUT2D eigenvalue weighted by Gasteiger charge is 2.17. The highest BCUT2D eigenvalue weighted by molar-refractivity contribution is 5.73. The third kappa shape index (κ3) is 4.24. The lowest BCUT2D eigenvalue weighted by atomic mass is 10.1. The van der Waals surface area contributed by atoms with E-state index in [9.17, 15) is 4.79 Å². The lowest BCUT2D eigenvalue weighted by molar-refractivity contribution is 0.234. The molecular weight excluding hydrogens is 238 g/mol. The Labute approximate surface area is 115 Å². The summed E-state index contributed by atoms with van der Waals surface area (Å²) in [6, 6.07) is 8.46. The zero-order chi connectivity index (χ0) is 13.7. The van der Waals surface area contributed by atoms with Crippen LogP contribution in [0.4, 0.5) is 4.79 Å². The van der Waals surface area contributed by atoms with Crippen LogP contribution < -0.4 is 10.6 Å². The number of fused-ring (bicyclic) bond motifs is 1. The predicted molar refractivity (Wildman–Crippen MR) is 76.8 cm³/mol. The molecule has 1 aromatic carbocycles. The summed E-state index contributed by atoms with van der Waals surface area (Å²) >= 11 is 0. The summed E-state index contributed by atoms with van der Waals surface area (Å²) in [5.74, 6) is 0.485. The molecule has 0 bridgehead atoms. The van der Waals surface area contributed by atoms with E-state index < -0.39 is 0 Å². The Morgan fingerprint density at radius 2 is 1.84 bits per heavy atom. The molecule has 19 heavy (non-hydrogen) atoms. The molecule has 0 saturated heterocycles. The number of nitrogens with one attached hydrogen (secondary N) is 2. The molecule has 1 aromatic rings. The zero-order valence-corrected chi connectivity index (χ0v) is 11.8. The van der Waals surface area contributed by atoms with Gasteiger partial charge in [0.25, 0.3) is 0 Å². The molecule has 0 aromatic heterocycles. The van der Waals surface area contributed by atoms with Crippen LogP contribution in [0.15, 0.2) is 24.3 Å². The van der Waals surface area contributed by atoms with E-state index in [0.717, 1.165) is 26.2 Å². The standard InChI is InChI=1S/C15H23N3O/c1-12(2)9-17-15(19)16-7-8-18-10-13-5-3-4-6-14(13)11-18/h3-6,12H,7-11H2,1-2H3,(H2,16,17,19). The molecule has 104 valence electrons. The number of amides is 2. The minimum atomic E-state index is -0.0644. The van der Waals surface area contributed by atoms with Gasteiger partial charge in [-0.1, -0.05) is 38.1 Å². The first-order chi connectivity index (χ1) is 9.15. The van der Waals surface area contributed by atoms with E-state index in [2.05, 4.69) is 53.6 Å². The van der Waals surface area contributed by atoms with Gasteiger partial charge in [0, 0.05) is 32.7 Å². The molecular formula is C15H23N3O. The van der Waals surface area contributed by atoms with Gasteiger partial charge in [-0.3, -0.25) is 4.90 Å². The summed E-state index contributed by atoms with van der Waals surface area (Å²) in [6.07, 6.45) is 0. The van der Waals surface area contributed by atoms with Gasteiger partial charge >= 0.3 is 6.03 Å². The average molecular weight is 261 g/mol. The van der Waals surface area contributed by atoms with Gasteiger partial charge < -0.3 is 10.6 Å². The molecule has 2 N–H and O–H groups in total. The fraction of sp³-hybridized carbons (Fsp3) is 0.533. The molecule has 2 rings (SSSR count). The Hall–Kier alpha value is -1.55. The Balaban J connectivity index is 1.64. The van der Waals surface area contributed by atoms with E-state index in [1.54, 1.807) is 0 Å². The summed E-state index contributed by atoms with van der Waals surface area (Å²) in [7, 11) is 0. The first kappa shape index (κ1) is 13.9. The maximum atomic E-state index is 11.5. The Morgan fingerprint density at radius 1 is 1.21 bits per heavy atom. The molecule has 0 radical (unpaired) electrons. The van der Waals surface area contributed by atoms with Gasteiger partial charge in [-0.15, -0.1) is 0 Å². The van der Waals surface area contributed by atoms with Crippen LogP contribution in [0.1, 0.15) is 25.0 Å². The summed E-state index contributed by atoms with van der Waals surface area (Å²) in [5, 5.41) is 5.76. The number of hydrogen-bond donors (Lipinski definition) is 2. The van der Waals surface area contributed by atoms with Gasteiger partial charge in [0.15, 0.2) is 0 Å². The van der Waals surface area contributed by atoms with E-state index in [-0.39, 0.29) is 6.03 Å². The van der Waals surface area contributed by atoms with Crippen LogP contribution in [0, 0.1) is 5.92 Å². The smallest absolute Gasteiger partial charge is 0.314 e. The van der Waals surface area contributed by atoms with Crippen molar-refractivity contribution < 1.29 is 4.79 Å². The molecule has 4 heteroatoms. The van der Waals surface area contributed by atoms with E-state index in [1.807, 2.05) is 0 Å². The van der Waals surface area contributed by atoms with E-state index in [1.165, 1.54) is 11.1 Å². The van der Waals surface area contributed by atoms with Gasteiger partial charge in [0.1, 0.15) is 0 Å². The van der Waals surface area contributed by atoms with Crippen molar-refractivity contribution in [3.05, 3.63) is 35.4 Å². The van der Waals surface area contributed by atoms with Crippen molar-refractivity contribution in [3.63, 3.8) is 0 Å². The van der Waals surface area contributed by atoms with Crippen LogP contribution in [0.2, 0.25) is 0 Å². The molecule has 0 unspecified atom stereocenters. The van der Waals surface area contributed by atoms with E-state index in [4.69, 9.17) is 0 Å². The summed E-state index contributed by atoms with van der Waals surface area (Å²) in [4.78, 5) is 13.9. The molecule has 0 saturated carbocycles. The maximum absolute atomic E-state index is 11.5. The van der Waals surface area contributed by atoms with Crippen LogP contribution in [-0.4, -0.2) is 30.6 Å². The van der Waals surface area contributed by atoms with Gasteiger partial charge in [-0.05, 0) is 17.0 Å². The zero-order valence-electron chi connectivity index (χ0n) is 11.8. The second-order valence-electron chi connectivity index (χ2n) is 5.51. The van der Waals surface area contributed by atoms with Crippen molar-refractivity contribution in [3.8, 4) is 0 Å². The number of rotatable bonds is 5. The van der Waals surface area contributed by atoms with Crippen LogP contribution in [0.5, 0.6) is 0 Å². The minimum Gasteiger partial charge on any atom is -0.338 e. The highest BCUT2D eigenvalue weighted by Crippen LogP contribution is 2.21. The van der Waals surface area contributed by atoms with Crippen molar-refractivity contribution in [1.82, 2.24) is 15.5 Å². The minimum absolute atomic E-state index is 0.0644. The van der Waals surface area contributed by atoms with Crippen molar-refractivity contribution in [2.45, 2.75) is 26.9 Å². The lowest BCUT2D eigenvalue weighted by Crippen LogP contribution is -2.40. The lowest BCUT2D eigenvalue weighted by Gasteiger charge is -2.15. The van der Waals surface area contributed by atoms with E-state index >= 15 is 0 Å². The van der Waals surface area contributed by atoms with Crippen molar-refractivity contribution in [1.29, 1.82) is 0 Å². The summed E-state index contributed by atoms with van der Waals surface area (Å²) in [5.41, 5.74) is 2.82. The molecule has 2 amide bonds. The molecule has 0 aliphatic carbocycles. The number of benzene rings is 1. The van der Waals surface area contributed by atoms with Crippen LogP contribution >= 0.6 is 0 Å². The molecule has 1 aliphatic heterocycles. The summed E-state index contributed by atoms with van der Waals surface area (Å²) in [6.45, 7) is 8.46. The third-order valence-corrected chi connectivity index (χ3v) is 3.29. The first-order valence-electron chi connectivity index (χ1n) is 6.96. The number of hydrogen-bond acceptors (Lipinski definition) is 2. The molecule has 0 spiro atoms. The normalized spacial score (nSPS) is 14.5. The number of carbonyl (C=O) groups is 1. The van der Waals surface area contributed by atoms with Crippen molar-refractivity contribution in [2.75, 3.05) is 19.6 Å². The first-order valence-corrected chi connectivity index (χ1v) is 6.96. The van der Waals surface area contributed by atoms with Gasteiger partial charge in [-0.2, -0.15) is 0 Å². The number of urea groups is 1. The molecule has 1 aliphatic rings. The van der Waals surface area contributed by atoms with E-state index in [0.29, 0.717) is 12.5 Å². The van der Waals surface area contributed by atoms with Crippen molar-refractivity contribution in [2.24, 2.45) is 5.92 Å². The maximum Gasteiger partial charge on any atom is 0.314 e. The number of carbonyl (C=O) groups excluding carboxylic acids is 1. The van der Waals surface area contributed by atoms with Crippen molar-refractivity contribution >= 4 is 6.03 Å². The van der Waals surface area contributed by atoms with Crippen LogP contribution in [0.25, 0.3) is 0 Å². The highest BCUT2D eigenvalue weighted by atomic mass is 16.2. The quantitative estimate of drug-likeness (QED) is 0.851. The topological polar surface area (TPSA) is 44.4 Å². The number of nitrogens with zero attached hydrogens (tertiary/aromatic N) is 1. The summed E-state index contributed by atoms with van der Waals surface area (Å²) < 4.78 is 0. The molecule has 0 fully saturated rings. The second-order valence-corrected chi connectivity index (χ2v) is 5.51. The largest absolute Gasteiger partial charge is 0.338 e. The molecule has 1 heterocycles. The Bertz CT molecular complexity index is 406. The van der Waals surface area contributed by atoms with Crippen LogP contribution in [-0.2, 0) is 13.1 Å². The van der Waals surface area contributed by atoms with Gasteiger partial charge in [0.2, 0.25) is 0 Å². The Kier molecular flexibility index (Phi) is 4.80. The fourth-order valence-electron chi connectivity index (χ4n) is 2.25. The molecule has 0 atom stereocenters. The SMILES string of the molecule is CC(C)CNC(=O)NCCN1Cc2ccccc2C1. The fourth-order valence-corrected chi connectivity index (χ4v) is 2.25. The monoisotopic (exact) mass is 261 g/mol. The van der Waals surface area contributed by atoms with Crippen LogP contribution in [0.3, 0.4) is 0 Å². The van der Waals surface area contributed by atoms with Gasteiger partial charge in [0.05, 0.1) is 0 Å². The predicted octanol–water partition coefficient (Wildman–Crippen LogP) is 1.96. The molecule has 4 nitrogen and oxygen atoms in total. The average Bonchev–Trinajstić information content (AvgIpc) is 2.79. The third-order valence-electron chi connectivity index (χ3n) is 3.29. The van der Waals surface area contributed by atoms with Gasteiger partial charge in [-0.25, -0.2) is 4.79 Å². The Morgan fingerprint density at radius 3 is 2.42 bits per heavy atom. The second kappa shape index (κ2) is 6.57.